The first-order valence-corrected chi connectivity index (χ1v) is 12.3. The topological polar surface area (TPSA) is 55.4 Å². The van der Waals surface area contributed by atoms with Gasteiger partial charge in [-0.25, -0.2) is 13.1 Å². The SMILES string of the molecule is CC(C)(C)C(O[SiH](c1ccccc1)c1ccccc1)C1CCS(=O)(=O)N1. The Balaban J connectivity index is 1.95. The van der Waals surface area contributed by atoms with Gasteiger partial charge < -0.3 is 4.43 Å². The molecular formula is C20H27NO3SSi. The Labute approximate surface area is 158 Å². The summed E-state index contributed by atoms with van der Waals surface area (Å²) >= 11 is 0. The molecule has 140 valence electrons. The van der Waals surface area contributed by atoms with Crippen LogP contribution in [0.5, 0.6) is 0 Å². The molecule has 4 nitrogen and oxygen atoms in total. The number of rotatable bonds is 5. The van der Waals surface area contributed by atoms with Gasteiger partial charge in [-0.05, 0) is 22.2 Å². The van der Waals surface area contributed by atoms with Gasteiger partial charge >= 0.3 is 0 Å². The van der Waals surface area contributed by atoms with Crippen molar-refractivity contribution in [3.63, 3.8) is 0 Å². The standard InChI is InChI=1S/C20H27NO3SSi/c1-20(2,3)19(18-14-15-25(22,23)21-18)24-26(16-10-6-4-7-11-16)17-12-8-5-9-13-17/h4-13,18-19,21,26H,14-15H2,1-3H3. The van der Waals surface area contributed by atoms with Crippen molar-refractivity contribution in [2.45, 2.75) is 39.3 Å². The molecule has 1 aliphatic rings. The van der Waals surface area contributed by atoms with Gasteiger partial charge in [-0.2, -0.15) is 0 Å². The molecule has 2 unspecified atom stereocenters. The fourth-order valence-electron chi connectivity index (χ4n) is 3.50. The van der Waals surface area contributed by atoms with Crippen molar-refractivity contribution < 1.29 is 12.8 Å². The molecule has 1 N–H and O–H groups in total. The van der Waals surface area contributed by atoms with Gasteiger partial charge in [-0.3, -0.25) is 0 Å². The minimum atomic E-state index is -3.18. The van der Waals surface area contributed by atoms with Gasteiger partial charge in [0.05, 0.1) is 11.9 Å². The number of sulfonamides is 1. The van der Waals surface area contributed by atoms with Crippen molar-refractivity contribution in [2.75, 3.05) is 5.75 Å². The third-order valence-corrected chi connectivity index (χ3v) is 8.72. The Kier molecular flexibility index (Phi) is 5.67. The van der Waals surface area contributed by atoms with Gasteiger partial charge in [0.25, 0.3) is 0 Å². The second kappa shape index (κ2) is 7.64. The zero-order chi connectivity index (χ0) is 18.8. The van der Waals surface area contributed by atoms with E-state index >= 15 is 0 Å². The highest BCUT2D eigenvalue weighted by Gasteiger charge is 2.41. The van der Waals surface area contributed by atoms with Gasteiger partial charge in [-0.1, -0.05) is 81.4 Å². The second-order valence-electron chi connectivity index (χ2n) is 7.96. The van der Waals surface area contributed by atoms with Gasteiger partial charge in [0, 0.05) is 6.04 Å². The molecule has 0 radical (unpaired) electrons. The van der Waals surface area contributed by atoms with Crippen LogP contribution in [0.3, 0.4) is 0 Å². The lowest BCUT2D eigenvalue weighted by Crippen LogP contribution is -2.55. The summed E-state index contributed by atoms with van der Waals surface area (Å²) in [6.07, 6.45) is 0.409. The minimum Gasteiger partial charge on any atom is -0.406 e. The molecule has 0 saturated carbocycles. The first-order valence-electron chi connectivity index (χ1n) is 9.02. The molecule has 1 fully saturated rings. The first kappa shape index (κ1) is 19.3. The Hall–Kier alpha value is -1.47. The predicted molar refractivity (Wildman–Crippen MR) is 109 cm³/mol. The van der Waals surface area contributed by atoms with Crippen molar-refractivity contribution in [2.24, 2.45) is 5.41 Å². The molecular weight excluding hydrogens is 362 g/mol. The fraction of sp³-hybridized carbons (Fsp3) is 0.400. The predicted octanol–water partition coefficient (Wildman–Crippen LogP) is 1.65. The summed E-state index contributed by atoms with van der Waals surface area (Å²) in [7, 11) is -5.12. The second-order valence-corrected chi connectivity index (χ2v) is 12.2. The highest BCUT2D eigenvalue weighted by atomic mass is 32.2. The summed E-state index contributed by atoms with van der Waals surface area (Å²) < 4.78 is 33.5. The molecule has 1 heterocycles. The largest absolute Gasteiger partial charge is 0.406 e. The van der Waals surface area contributed by atoms with Crippen molar-refractivity contribution in [3.8, 4) is 0 Å². The van der Waals surface area contributed by atoms with Crippen molar-refractivity contribution >= 4 is 29.4 Å². The van der Waals surface area contributed by atoms with Crippen LogP contribution in [-0.2, 0) is 14.4 Å². The molecule has 2 aromatic carbocycles. The van der Waals surface area contributed by atoms with Crippen LogP contribution in [0, 0.1) is 5.41 Å². The molecule has 2 aromatic rings. The zero-order valence-electron chi connectivity index (χ0n) is 15.6. The smallest absolute Gasteiger partial charge is 0.240 e. The van der Waals surface area contributed by atoms with Crippen LogP contribution in [-0.4, -0.2) is 35.4 Å². The summed E-state index contributed by atoms with van der Waals surface area (Å²) in [6.45, 7) is 6.35. The van der Waals surface area contributed by atoms with Crippen molar-refractivity contribution in [1.29, 1.82) is 0 Å². The molecule has 1 aliphatic heterocycles. The summed E-state index contributed by atoms with van der Waals surface area (Å²) in [5.41, 5.74) is -0.174. The summed E-state index contributed by atoms with van der Waals surface area (Å²) in [5.74, 6) is 0.177. The van der Waals surface area contributed by atoms with E-state index in [9.17, 15) is 8.42 Å². The molecule has 0 amide bonds. The molecule has 0 aliphatic carbocycles. The zero-order valence-corrected chi connectivity index (χ0v) is 17.5. The maximum absolute atomic E-state index is 11.9. The minimum absolute atomic E-state index is 0.174. The lowest BCUT2D eigenvalue weighted by Gasteiger charge is -2.38. The highest BCUT2D eigenvalue weighted by Crippen LogP contribution is 2.29. The maximum Gasteiger partial charge on any atom is 0.240 e. The molecule has 1 saturated heterocycles. The average Bonchev–Trinajstić information content (AvgIpc) is 2.95. The Morgan fingerprint density at radius 2 is 1.50 bits per heavy atom. The van der Waals surface area contributed by atoms with E-state index in [1.807, 2.05) is 36.4 Å². The van der Waals surface area contributed by atoms with Gasteiger partial charge in [0.1, 0.15) is 0 Å². The molecule has 0 bridgehead atoms. The molecule has 6 heteroatoms. The molecule has 2 atom stereocenters. The maximum atomic E-state index is 11.9. The van der Waals surface area contributed by atoms with Crippen LogP contribution in [0.1, 0.15) is 27.2 Å². The lowest BCUT2D eigenvalue weighted by molar-refractivity contribution is 0.0620. The molecule has 26 heavy (non-hydrogen) atoms. The van der Waals surface area contributed by atoms with E-state index < -0.39 is 19.1 Å². The number of benzene rings is 2. The van der Waals surface area contributed by atoms with E-state index in [4.69, 9.17) is 4.43 Å². The molecule has 3 rings (SSSR count). The van der Waals surface area contributed by atoms with Crippen LogP contribution >= 0.6 is 0 Å². The quantitative estimate of drug-likeness (QED) is 0.791. The van der Waals surface area contributed by atoms with E-state index in [-0.39, 0.29) is 23.3 Å². The van der Waals surface area contributed by atoms with Gasteiger partial charge in [0.2, 0.25) is 19.1 Å². The van der Waals surface area contributed by atoms with E-state index in [1.165, 1.54) is 10.4 Å². The van der Waals surface area contributed by atoms with E-state index in [0.717, 1.165) is 0 Å². The number of hydrogen-bond acceptors (Lipinski definition) is 3. The summed E-state index contributed by atoms with van der Waals surface area (Å²) in [5, 5.41) is 2.41. The Morgan fingerprint density at radius 1 is 1.00 bits per heavy atom. The van der Waals surface area contributed by atoms with Gasteiger partial charge in [-0.15, -0.1) is 0 Å². The van der Waals surface area contributed by atoms with Crippen molar-refractivity contribution in [1.82, 2.24) is 4.72 Å². The fourth-order valence-corrected chi connectivity index (χ4v) is 7.62. The van der Waals surface area contributed by atoms with Gasteiger partial charge in [0.15, 0.2) is 0 Å². The summed E-state index contributed by atoms with van der Waals surface area (Å²) in [4.78, 5) is 0. The number of hydrogen-bond donors (Lipinski definition) is 1. The van der Waals surface area contributed by atoms with E-state index in [2.05, 4.69) is 49.8 Å². The lowest BCUT2D eigenvalue weighted by atomic mass is 9.84. The third-order valence-electron chi connectivity index (χ3n) is 4.73. The third kappa shape index (κ3) is 4.62. The first-order chi connectivity index (χ1) is 12.3. The Bertz CT molecular complexity index is 780. The van der Waals surface area contributed by atoms with Crippen molar-refractivity contribution in [3.05, 3.63) is 60.7 Å². The number of nitrogens with one attached hydrogen (secondary N) is 1. The molecule has 0 aromatic heterocycles. The van der Waals surface area contributed by atoms with Crippen LogP contribution < -0.4 is 15.1 Å². The van der Waals surface area contributed by atoms with E-state index in [1.54, 1.807) is 0 Å². The Morgan fingerprint density at radius 3 is 1.88 bits per heavy atom. The van der Waals surface area contributed by atoms with Crippen LogP contribution in [0.4, 0.5) is 0 Å². The summed E-state index contributed by atoms with van der Waals surface area (Å²) in [6, 6.07) is 20.4. The van der Waals surface area contributed by atoms with Crippen LogP contribution in [0.15, 0.2) is 60.7 Å². The highest BCUT2D eigenvalue weighted by molar-refractivity contribution is 7.89. The molecule has 0 spiro atoms. The van der Waals surface area contributed by atoms with Crippen LogP contribution in [0.2, 0.25) is 0 Å². The van der Waals surface area contributed by atoms with Crippen LogP contribution in [0.25, 0.3) is 0 Å². The monoisotopic (exact) mass is 389 g/mol. The normalized spacial score (nSPS) is 21.0. The average molecular weight is 390 g/mol. The van der Waals surface area contributed by atoms with E-state index in [0.29, 0.717) is 6.42 Å².